The third-order valence-electron chi connectivity index (χ3n) is 4.31. The smallest absolute Gasteiger partial charge is 0.399 e. The highest BCUT2D eigenvalue weighted by Crippen LogP contribution is 2.38. The average Bonchev–Trinajstić information content (AvgIpc) is 2.60. The second-order valence-electron chi connectivity index (χ2n) is 6.40. The van der Waals surface area contributed by atoms with E-state index in [9.17, 15) is 0 Å². The maximum atomic E-state index is 7.57. The molecule has 2 fully saturated rings. The van der Waals surface area contributed by atoms with Crippen molar-refractivity contribution in [3.8, 4) is 0 Å². The fourth-order valence-electron chi connectivity index (χ4n) is 2.22. The van der Waals surface area contributed by atoms with Crippen LogP contribution in [-0.2, 0) is 14.0 Å². The first-order chi connectivity index (χ1) is 9.36. The van der Waals surface area contributed by atoms with Gasteiger partial charge in [-0.15, -0.1) is 0 Å². The van der Waals surface area contributed by atoms with Crippen molar-refractivity contribution in [2.24, 2.45) is 0 Å². The lowest BCUT2D eigenvalue weighted by molar-refractivity contribution is 0.00332. The van der Waals surface area contributed by atoms with E-state index in [1.165, 1.54) is 12.6 Å². The molecule has 1 unspecified atom stereocenters. The summed E-state index contributed by atoms with van der Waals surface area (Å²) in [6.07, 6.45) is 6.37. The van der Waals surface area contributed by atoms with Crippen molar-refractivity contribution >= 4 is 13.3 Å². The molecule has 6 heteroatoms. The Bertz CT molecular complexity index is 374. The number of hydrogen-bond donors (Lipinski definition) is 2. The predicted molar refractivity (Wildman–Crippen MR) is 79.7 cm³/mol. The Morgan fingerprint density at radius 1 is 1.20 bits per heavy atom. The van der Waals surface area contributed by atoms with E-state index in [4.69, 9.17) is 19.5 Å². The van der Waals surface area contributed by atoms with Gasteiger partial charge in [-0.25, -0.2) is 0 Å². The lowest BCUT2D eigenvalue weighted by Gasteiger charge is -2.32. The van der Waals surface area contributed by atoms with Crippen molar-refractivity contribution in [2.75, 3.05) is 6.61 Å². The van der Waals surface area contributed by atoms with Crippen molar-refractivity contribution in [3.63, 3.8) is 0 Å². The zero-order valence-electron chi connectivity index (χ0n) is 12.9. The SMILES string of the molecule is CC1(C)OB(/C(C=N)=C/NC2CCCCO2)OC1(C)C. The molecule has 1 atom stereocenters. The van der Waals surface area contributed by atoms with Crippen LogP contribution in [-0.4, -0.2) is 37.4 Å². The third kappa shape index (κ3) is 3.24. The Morgan fingerprint density at radius 3 is 2.35 bits per heavy atom. The van der Waals surface area contributed by atoms with E-state index in [0.717, 1.165) is 19.4 Å². The van der Waals surface area contributed by atoms with Gasteiger partial charge in [0.1, 0.15) is 6.23 Å². The van der Waals surface area contributed by atoms with Gasteiger partial charge in [0, 0.05) is 18.3 Å². The highest BCUT2D eigenvalue weighted by atomic mass is 16.7. The molecule has 2 saturated heterocycles. The van der Waals surface area contributed by atoms with Crippen molar-refractivity contribution in [2.45, 2.75) is 64.4 Å². The highest BCUT2D eigenvalue weighted by molar-refractivity contribution is 6.60. The van der Waals surface area contributed by atoms with Crippen LogP contribution < -0.4 is 5.32 Å². The van der Waals surface area contributed by atoms with Crippen LogP contribution in [0.1, 0.15) is 47.0 Å². The first-order valence-corrected chi connectivity index (χ1v) is 7.29. The molecule has 2 aliphatic heterocycles. The molecule has 2 N–H and O–H groups in total. The zero-order chi connectivity index (χ0) is 14.8. The fraction of sp³-hybridized carbons (Fsp3) is 0.786. The normalized spacial score (nSPS) is 29.3. The van der Waals surface area contributed by atoms with E-state index in [0.29, 0.717) is 5.47 Å². The number of hydrogen-bond acceptors (Lipinski definition) is 5. The summed E-state index contributed by atoms with van der Waals surface area (Å²) >= 11 is 0. The maximum Gasteiger partial charge on any atom is 0.497 e. The highest BCUT2D eigenvalue weighted by Gasteiger charge is 2.52. The van der Waals surface area contributed by atoms with E-state index in [1.807, 2.05) is 27.7 Å². The van der Waals surface area contributed by atoms with Crippen molar-refractivity contribution in [1.29, 1.82) is 5.41 Å². The van der Waals surface area contributed by atoms with E-state index in [1.54, 1.807) is 6.20 Å². The van der Waals surface area contributed by atoms with Gasteiger partial charge < -0.3 is 24.8 Å². The molecule has 0 aromatic carbocycles. The molecule has 0 aromatic rings. The van der Waals surface area contributed by atoms with Crippen LogP contribution in [0.25, 0.3) is 0 Å². The minimum atomic E-state index is -0.506. The van der Waals surface area contributed by atoms with Crippen LogP contribution in [0.3, 0.4) is 0 Å². The van der Waals surface area contributed by atoms with Gasteiger partial charge in [-0.2, -0.15) is 0 Å². The Balaban J connectivity index is 2.00. The Labute approximate surface area is 121 Å². The lowest BCUT2D eigenvalue weighted by atomic mass is 9.79. The standard InChI is InChI=1S/C14H25BN2O3/c1-13(2)14(3,4)20-15(19-13)11(9-16)10-17-12-7-5-6-8-18-12/h9-10,12,16-17H,5-8H2,1-4H3/b11-10+,16-9?. The largest absolute Gasteiger partial charge is 0.497 e. The lowest BCUT2D eigenvalue weighted by Crippen LogP contribution is -2.41. The van der Waals surface area contributed by atoms with Crippen molar-refractivity contribution in [1.82, 2.24) is 5.32 Å². The van der Waals surface area contributed by atoms with Gasteiger partial charge in [0.15, 0.2) is 0 Å². The third-order valence-corrected chi connectivity index (χ3v) is 4.31. The molecule has 0 aliphatic carbocycles. The van der Waals surface area contributed by atoms with Crippen molar-refractivity contribution < 1.29 is 14.0 Å². The topological polar surface area (TPSA) is 63.6 Å². The van der Waals surface area contributed by atoms with Crippen LogP contribution >= 0.6 is 0 Å². The minimum Gasteiger partial charge on any atom is -0.399 e. The first-order valence-electron chi connectivity index (χ1n) is 7.29. The Kier molecular flexibility index (Phi) is 4.57. The average molecular weight is 280 g/mol. The summed E-state index contributed by atoms with van der Waals surface area (Å²) in [6.45, 7) is 8.82. The van der Waals surface area contributed by atoms with Crippen LogP contribution in [0.4, 0.5) is 0 Å². The second kappa shape index (κ2) is 5.88. The molecular weight excluding hydrogens is 255 g/mol. The summed E-state index contributed by atoms with van der Waals surface area (Å²) < 4.78 is 17.5. The van der Waals surface area contributed by atoms with Crippen LogP contribution in [0.2, 0.25) is 0 Å². The Morgan fingerprint density at radius 2 is 1.85 bits per heavy atom. The molecular formula is C14H25BN2O3. The fourth-order valence-corrected chi connectivity index (χ4v) is 2.22. The van der Waals surface area contributed by atoms with Crippen molar-refractivity contribution in [3.05, 3.63) is 11.7 Å². The molecule has 2 heterocycles. The quantitative estimate of drug-likeness (QED) is 0.612. The summed E-state index contributed by atoms with van der Waals surface area (Å²) in [4.78, 5) is 0. The summed E-state index contributed by atoms with van der Waals surface area (Å²) in [5.74, 6) is 0. The van der Waals surface area contributed by atoms with Crippen LogP contribution in [0, 0.1) is 5.41 Å². The van der Waals surface area contributed by atoms with Gasteiger partial charge in [0.25, 0.3) is 0 Å². The van der Waals surface area contributed by atoms with Gasteiger partial charge in [-0.05, 0) is 53.2 Å². The van der Waals surface area contributed by atoms with Gasteiger partial charge in [-0.1, -0.05) is 0 Å². The molecule has 0 saturated carbocycles. The van der Waals surface area contributed by atoms with Gasteiger partial charge in [0.2, 0.25) is 0 Å². The Hall–Kier alpha value is -0.845. The molecule has 0 radical (unpaired) electrons. The molecule has 0 bridgehead atoms. The summed E-state index contributed by atoms with van der Waals surface area (Å²) in [6, 6.07) is 0. The minimum absolute atomic E-state index is 0.0288. The summed E-state index contributed by atoms with van der Waals surface area (Å²) in [5.41, 5.74) is -0.0970. The van der Waals surface area contributed by atoms with Gasteiger partial charge in [0.05, 0.1) is 11.2 Å². The number of rotatable bonds is 4. The van der Waals surface area contributed by atoms with Gasteiger partial charge >= 0.3 is 7.12 Å². The molecule has 20 heavy (non-hydrogen) atoms. The molecule has 2 rings (SSSR count). The van der Waals surface area contributed by atoms with Crippen LogP contribution in [0.15, 0.2) is 11.7 Å². The first kappa shape index (κ1) is 15.5. The van der Waals surface area contributed by atoms with Crippen LogP contribution in [0.5, 0.6) is 0 Å². The summed E-state index contributed by atoms with van der Waals surface area (Å²) in [5, 5.41) is 10.8. The molecule has 0 spiro atoms. The monoisotopic (exact) mass is 280 g/mol. The van der Waals surface area contributed by atoms with E-state index < -0.39 is 7.12 Å². The van der Waals surface area contributed by atoms with Gasteiger partial charge in [-0.3, -0.25) is 0 Å². The second-order valence-corrected chi connectivity index (χ2v) is 6.40. The van der Waals surface area contributed by atoms with E-state index in [2.05, 4.69) is 5.32 Å². The number of nitrogens with one attached hydrogen (secondary N) is 2. The maximum absolute atomic E-state index is 7.57. The molecule has 5 nitrogen and oxygen atoms in total. The molecule has 0 aromatic heterocycles. The molecule has 0 amide bonds. The number of allylic oxidation sites excluding steroid dienone is 1. The molecule has 2 aliphatic rings. The number of ether oxygens (including phenoxy) is 1. The predicted octanol–water partition coefficient (Wildman–Crippen LogP) is 2.27. The molecule has 112 valence electrons. The zero-order valence-corrected chi connectivity index (χ0v) is 12.9. The van der Waals surface area contributed by atoms with E-state index in [-0.39, 0.29) is 17.4 Å². The van der Waals surface area contributed by atoms with E-state index >= 15 is 0 Å². The summed E-state index contributed by atoms with van der Waals surface area (Å²) in [7, 11) is -0.506.